The van der Waals surface area contributed by atoms with Crippen LogP contribution in [-0.4, -0.2) is 43.5 Å². The van der Waals surface area contributed by atoms with Gasteiger partial charge in [-0.15, -0.1) is 0 Å². The zero-order valence-electron chi connectivity index (χ0n) is 19.9. The molecule has 0 bridgehead atoms. The van der Waals surface area contributed by atoms with Gasteiger partial charge in [-0.25, -0.2) is 9.97 Å². The molecule has 1 unspecified atom stereocenters. The molecule has 1 fully saturated rings. The van der Waals surface area contributed by atoms with E-state index in [4.69, 9.17) is 9.47 Å². The smallest absolute Gasteiger partial charge is 0.387 e. The minimum absolute atomic E-state index is 0.0279. The standard InChI is InChI=1S/C26H26F2N4O4/c1-26(34,14-31-8-6-29-15-31)18-5-7-32-19(13-30-23(32)12-18)17-10-21(35-2)24(20(33)9-16-3-4-16)22(11-17)36-25(27)28/h5-8,10-13,15-16,25,34H,3-4,9,14H2,1-2H3. The van der Waals surface area contributed by atoms with Crippen LogP contribution in [0.25, 0.3) is 16.9 Å². The molecule has 8 nitrogen and oxygen atoms in total. The third kappa shape index (κ3) is 4.81. The number of hydrogen-bond donors (Lipinski definition) is 1. The van der Waals surface area contributed by atoms with Gasteiger partial charge in [0.05, 0.1) is 31.9 Å². The van der Waals surface area contributed by atoms with Gasteiger partial charge in [-0.3, -0.25) is 9.20 Å². The van der Waals surface area contributed by atoms with Crippen molar-refractivity contribution in [2.24, 2.45) is 5.92 Å². The van der Waals surface area contributed by atoms with Crippen molar-refractivity contribution in [2.45, 2.75) is 44.9 Å². The van der Waals surface area contributed by atoms with Gasteiger partial charge in [-0.05, 0) is 55.5 Å². The topological polar surface area (TPSA) is 90.9 Å². The lowest BCUT2D eigenvalue weighted by molar-refractivity contribution is -0.0502. The maximum atomic E-state index is 13.3. The molecule has 0 spiro atoms. The quantitative estimate of drug-likeness (QED) is 0.320. The van der Waals surface area contributed by atoms with E-state index in [1.54, 1.807) is 65.2 Å². The first-order valence-electron chi connectivity index (χ1n) is 11.6. The molecule has 3 heterocycles. The lowest BCUT2D eigenvalue weighted by Gasteiger charge is -2.24. The van der Waals surface area contributed by atoms with Gasteiger partial charge >= 0.3 is 6.61 Å². The first-order chi connectivity index (χ1) is 17.2. The molecule has 36 heavy (non-hydrogen) atoms. The SMILES string of the molecule is COc1cc(-c2cnc3cc(C(C)(O)Cn4ccnc4)ccn23)cc(OC(F)F)c1C(=O)CC1CC1. The van der Waals surface area contributed by atoms with E-state index in [1.165, 1.54) is 13.2 Å². The number of carbonyl (C=O) groups excluding carboxylic acids is 1. The van der Waals surface area contributed by atoms with Crippen LogP contribution in [0.15, 0.2) is 55.4 Å². The number of imidazole rings is 2. The highest BCUT2D eigenvalue weighted by Crippen LogP contribution is 2.40. The maximum absolute atomic E-state index is 13.3. The van der Waals surface area contributed by atoms with Crippen molar-refractivity contribution in [3.8, 4) is 22.8 Å². The zero-order valence-corrected chi connectivity index (χ0v) is 19.9. The third-order valence-electron chi connectivity index (χ3n) is 6.43. The van der Waals surface area contributed by atoms with Crippen LogP contribution in [-0.2, 0) is 12.1 Å². The van der Waals surface area contributed by atoms with E-state index < -0.39 is 12.2 Å². The number of rotatable bonds is 10. The molecule has 0 aliphatic heterocycles. The fraction of sp³-hybridized carbons (Fsp3) is 0.346. The van der Waals surface area contributed by atoms with E-state index >= 15 is 0 Å². The van der Waals surface area contributed by atoms with E-state index in [1.807, 2.05) is 0 Å². The minimum atomic E-state index is -3.10. The van der Waals surface area contributed by atoms with Crippen molar-refractivity contribution in [2.75, 3.05) is 7.11 Å². The third-order valence-corrected chi connectivity index (χ3v) is 6.43. The fourth-order valence-electron chi connectivity index (χ4n) is 4.41. The highest BCUT2D eigenvalue weighted by Gasteiger charge is 2.30. The van der Waals surface area contributed by atoms with Crippen molar-refractivity contribution in [3.05, 3.63) is 66.5 Å². The highest BCUT2D eigenvalue weighted by atomic mass is 19.3. The predicted molar refractivity (Wildman–Crippen MR) is 127 cm³/mol. The second-order valence-electron chi connectivity index (χ2n) is 9.30. The van der Waals surface area contributed by atoms with E-state index in [0.29, 0.717) is 29.0 Å². The summed E-state index contributed by atoms with van der Waals surface area (Å²) in [4.78, 5) is 21.3. The van der Waals surface area contributed by atoms with Crippen molar-refractivity contribution in [3.63, 3.8) is 0 Å². The lowest BCUT2D eigenvalue weighted by atomic mass is 9.97. The molecule has 3 aromatic heterocycles. The number of nitrogens with zero attached hydrogens (tertiary/aromatic N) is 4. The Morgan fingerprint density at radius 3 is 2.69 bits per heavy atom. The van der Waals surface area contributed by atoms with Crippen molar-refractivity contribution in [1.29, 1.82) is 0 Å². The lowest BCUT2D eigenvalue weighted by Crippen LogP contribution is -2.27. The van der Waals surface area contributed by atoms with Crippen LogP contribution >= 0.6 is 0 Å². The number of benzene rings is 1. The van der Waals surface area contributed by atoms with Crippen molar-refractivity contribution in [1.82, 2.24) is 18.9 Å². The zero-order chi connectivity index (χ0) is 25.4. The molecule has 1 aromatic carbocycles. The first kappa shape index (κ1) is 23.9. The Bertz CT molecular complexity index is 1390. The van der Waals surface area contributed by atoms with Gasteiger partial charge in [0.15, 0.2) is 5.78 Å². The predicted octanol–water partition coefficient (Wildman–Crippen LogP) is 4.70. The van der Waals surface area contributed by atoms with Crippen LogP contribution in [0, 0.1) is 5.92 Å². The van der Waals surface area contributed by atoms with E-state index in [0.717, 1.165) is 12.8 Å². The molecule has 1 atom stereocenters. The first-order valence-corrected chi connectivity index (χ1v) is 11.6. The summed E-state index contributed by atoms with van der Waals surface area (Å²) < 4.78 is 40.3. The summed E-state index contributed by atoms with van der Waals surface area (Å²) in [6.07, 6.45) is 10.6. The summed E-state index contributed by atoms with van der Waals surface area (Å²) in [5, 5.41) is 11.1. The normalized spacial score (nSPS) is 15.3. The number of aliphatic hydroxyl groups is 1. The van der Waals surface area contributed by atoms with Gasteiger partial charge in [0.1, 0.15) is 28.3 Å². The minimum Gasteiger partial charge on any atom is -0.496 e. The molecule has 4 aromatic rings. The summed E-state index contributed by atoms with van der Waals surface area (Å²) in [6, 6.07) is 6.59. The average molecular weight is 497 g/mol. The molecule has 5 rings (SSSR count). The van der Waals surface area contributed by atoms with Crippen LogP contribution in [0.1, 0.15) is 42.1 Å². The molecule has 1 aliphatic carbocycles. The molecule has 10 heteroatoms. The Morgan fingerprint density at radius 1 is 1.25 bits per heavy atom. The number of carbonyl (C=O) groups is 1. The molecular weight excluding hydrogens is 470 g/mol. The van der Waals surface area contributed by atoms with Crippen molar-refractivity contribution >= 4 is 11.4 Å². The number of pyridine rings is 1. The molecule has 0 saturated heterocycles. The Balaban J connectivity index is 1.53. The molecule has 188 valence electrons. The van der Waals surface area contributed by atoms with Gasteiger partial charge in [0.2, 0.25) is 0 Å². The molecule has 1 saturated carbocycles. The maximum Gasteiger partial charge on any atom is 0.387 e. The summed E-state index contributed by atoms with van der Waals surface area (Å²) in [6.45, 7) is -1.09. The number of ketones is 1. The molecule has 0 amide bonds. The Hall–Kier alpha value is -3.79. The number of aromatic nitrogens is 4. The highest BCUT2D eigenvalue weighted by molar-refractivity contribution is 6.02. The Labute approximate surface area is 206 Å². The summed E-state index contributed by atoms with van der Waals surface area (Å²) in [5.74, 6) is -0.0526. The van der Waals surface area contributed by atoms with Crippen LogP contribution in [0.3, 0.4) is 0 Å². The van der Waals surface area contributed by atoms with Gasteiger partial charge in [-0.1, -0.05) is 0 Å². The van der Waals surface area contributed by atoms with Crippen LogP contribution < -0.4 is 9.47 Å². The average Bonchev–Trinajstić information content (AvgIpc) is 3.31. The molecule has 0 radical (unpaired) electrons. The fourth-order valence-corrected chi connectivity index (χ4v) is 4.41. The number of ether oxygens (including phenoxy) is 2. The van der Waals surface area contributed by atoms with Gasteiger partial charge in [0, 0.05) is 30.6 Å². The monoisotopic (exact) mass is 496 g/mol. The van der Waals surface area contributed by atoms with E-state index in [2.05, 4.69) is 9.97 Å². The molecule has 1 aliphatic rings. The summed E-state index contributed by atoms with van der Waals surface area (Å²) in [7, 11) is 1.39. The van der Waals surface area contributed by atoms with Crippen LogP contribution in [0.4, 0.5) is 8.78 Å². The van der Waals surface area contributed by atoms with Gasteiger partial charge in [0.25, 0.3) is 0 Å². The Morgan fingerprint density at radius 2 is 2.03 bits per heavy atom. The summed E-state index contributed by atoms with van der Waals surface area (Å²) >= 11 is 0. The van der Waals surface area contributed by atoms with Gasteiger partial charge in [-0.2, -0.15) is 8.78 Å². The Kier molecular flexibility index (Phi) is 6.21. The molecular formula is C26H26F2N4O4. The van der Waals surface area contributed by atoms with Crippen molar-refractivity contribution < 1.29 is 28.2 Å². The van der Waals surface area contributed by atoms with Gasteiger partial charge < -0.3 is 19.1 Å². The second kappa shape index (κ2) is 9.34. The number of alkyl halides is 2. The number of halogens is 2. The number of Topliss-reactive ketones (excluding diaryl/α,β-unsaturated/α-hetero) is 1. The number of methoxy groups -OCH3 is 1. The number of fused-ring (bicyclic) bond motifs is 1. The number of hydrogen-bond acceptors (Lipinski definition) is 6. The largest absolute Gasteiger partial charge is 0.496 e. The van der Waals surface area contributed by atoms with E-state index in [-0.39, 0.29) is 35.2 Å². The van der Waals surface area contributed by atoms with E-state index in [9.17, 15) is 18.7 Å². The van der Waals surface area contributed by atoms with Crippen LogP contribution in [0.2, 0.25) is 0 Å². The molecule has 1 N–H and O–H groups in total. The summed E-state index contributed by atoms with van der Waals surface area (Å²) in [5.41, 5.74) is 1.14. The second-order valence-corrected chi connectivity index (χ2v) is 9.30. The van der Waals surface area contributed by atoms with Crippen LogP contribution in [0.5, 0.6) is 11.5 Å².